The van der Waals surface area contributed by atoms with Crippen LogP contribution in [0.2, 0.25) is 4.34 Å². The first-order chi connectivity index (χ1) is 16.2. The molecule has 3 aromatic heterocycles. The zero-order valence-electron chi connectivity index (χ0n) is 17.4. The van der Waals surface area contributed by atoms with Crippen LogP contribution in [-0.2, 0) is 4.74 Å². The minimum atomic E-state index is -0.514. The Labute approximate surface area is 199 Å². The highest BCUT2D eigenvalue weighted by Crippen LogP contribution is 2.35. The van der Waals surface area contributed by atoms with E-state index in [-0.39, 0.29) is 17.7 Å². The van der Waals surface area contributed by atoms with Gasteiger partial charge in [0, 0.05) is 17.4 Å². The normalized spacial score (nSPS) is 11.9. The Kier molecular flexibility index (Phi) is 6.06. The molecule has 8 heteroatoms. The molecule has 6 nitrogen and oxygen atoms in total. The molecular weight excluding hydrogens is 456 g/mol. The average molecular weight is 475 g/mol. The third-order valence-electron chi connectivity index (χ3n) is 5.14. The van der Waals surface area contributed by atoms with Crippen molar-refractivity contribution < 1.29 is 9.53 Å². The van der Waals surface area contributed by atoms with E-state index < -0.39 is 5.97 Å². The highest BCUT2D eigenvalue weighted by Gasteiger charge is 2.22. The number of rotatable bonds is 7. The summed E-state index contributed by atoms with van der Waals surface area (Å²) in [6.45, 7) is 0.140. The molecule has 2 aromatic carbocycles. The Hall–Kier alpha value is -3.68. The number of anilines is 1. The quantitative estimate of drug-likeness (QED) is 0.288. The maximum absolute atomic E-state index is 12.9. The van der Waals surface area contributed by atoms with E-state index in [2.05, 4.69) is 15.4 Å². The van der Waals surface area contributed by atoms with Crippen LogP contribution in [0.4, 0.5) is 5.69 Å². The van der Waals surface area contributed by atoms with Crippen molar-refractivity contribution in [2.45, 2.75) is 6.04 Å². The van der Waals surface area contributed by atoms with Gasteiger partial charge in [0.25, 0.3) is 0 Å². The molecule has 164 valence electrons. The number of carbonyl (C=O) groups is 1. The van der Waals surface area contributed by atoms with E-state index in [0.29, 0.717) is 10.0 Å². The largest absolute Gasteiger partial charge is 0.458 e. The number of nitrogens with zero attached hydrogens (tertiary/aromatic N) is 3. The SMILES string of the molecule is O=C(OC[C@@H](Nc1ccccc1)c1ccccc1)c1nc(-c2cnn3ccccc23)c(Cl)s1. The lowest BCUT2D eigenvalue weighted by Gasteiger charge is -2.20. The summed E-state index contributed by atoms with van der Waals surface area (Å²) in [7, 11) is 0. The fourth-order valence-corrected chi connectivity index (χ4v) is 4.60. The topological polar surface area (TPSA) is 68.5 Å². The number of halogens is 1. The molecule has 0 bridgehead atoms. The van der Waals surface area contributed by atoms with Crippen LogP contribution in [0.15, 0.2) is 91.3 Å². The summed E-state index contributed by atoms with van der Waals surface area (Å²) in [6, 6.07) is 25.2. The van der Waals surface area contributed by atoms with Crippen LogP contribution >= 0.6 is 22.9 Å². The number of fused-ring (bicyclic) bond motifs is 1. The monoisotopic (exact) mass is 474 g/mol. The van der Waals surface area contributed by atoms with E-state index in [1.165, 1.54) is 0 Å². The van der Waals surface area contributed by atoms with Gasteiger partial charge in [-0.2, -0.15) is 5.10 Å². The number of esters is 1. The molecule has 0 saturated carbocycles. The Morgan fingerprint density at radius 2 is 1.76 bits per heavy atom. The predicted octanol–water partition coefficient (Wildman–Crippen LogP) is 6.12. The first kappa shape index (κ1) is 21.2. The smallest absolute Gasteiger partial charge is 0.367 e. The molecule has 0 aliphatic carbocycles. The maximum atomic E-state index is 12.9. The second-order valence-corrected chi connectivity index (χ2v) is 8.90. The summed E-state index contributed by atoms with van der Waals surface area (Å²) in [5.74, 6) is -0.514. The third-order valence-corrected chi connectivity index (χ3v) is 6.37. The molecule has 3 heterocycles. The first-order valence-electron chi connectivity index (χ1n) is 10.3. The molecule has 0 unspecified atom stereocenters. The van der Waals surface area contributed by atoms with Gasteiger partial charge in [-0.1, -0.05) is 77.5 Å². The van der Waals surface area contributed by atoms with Crippen molar-refractivity contribution in [3.05, 3.63) is 106 Å². The molecule has 0 amide bonds. The zero-order chi connectivity index (χ0) is 22.6. The Morgan fingerprint density at radius 1 is 1.03 bits per heavy atom. The molecule has 0 aliphatic rings. The number of ether oxygens (including phenoxy) is 1. The zero-order valence-corrected chi connectivity index (χ0v) is 19.0. The molecule has 5 rings (SSSR count). The maximum Gasteiger partial charge on any atom is 0.367 e. The number of nitrogens with one attached hydrogen (secondary N) is 1. The summed E-state index contributed by atoms with van der Waals surface area (Å²) in [5.41, 5.74) is 4.11. The predicted molar refractivity (Wildman–Crippen MR) is 131 cm³/mol. The van der Waals surface area contributed by atoms with E-state index in [1.807, 2.05) is 85.1 Å². The fraction of sp³-hybridized carbons (Fsp3) is 0.0800. The van der Waals surface area contributed by atoms with E-state index in [0.717, 1.165) is 33.7 Å². The van der Waals surface area contributed by atoms with Gasteiger partial charge in [0.2, 0.25) is 5.01 Å². The highest BCUT2D eigenvalue weighted by atomic mass is 35.5. The second kappa shape index (κ2) is 9.44. The molecular formula is C25H19ClN4O2S. The summed E-state index contributed by atoms with van der Waals surface area (Å²) >= 11 is 7.55. The summed E-state index contributed by atoms with van der Waals surface area (Å²) in [5, 5.41) is 7.96. The minimum absolute atomic E-state index is 0.140. The van der Waals surface area contributed by atoms with E-state index >= 15 is 0 Å². The molecule has 1 atom stereocenters. The van der Waals surface area contributed by atoms with Gasteiger partial charge < -0.3 is 10.1 Å². The van der Waals surface area contributed by atoms with Gasteiger partial charge in [0.1, 0.15) is 16.6 Å². The lowest BCUT2D eigenvalue weighted by molar-refractivity contribution is 0.0488. The van der Waals surface area contributed by atoms with Crippen molar-refractivity contribution in [2.75, 3.05) is 11.9 Å². The Bertz CT molecular complexity index is 1390. The van der Waals surface area contributed by atoms with Gasteiger partial charge >= 0.3 is 5.97 Å². The van der Waals surface area contributed by atoms with Crippen LogP contribution in [0, 0.1) is 0 Å². The van der Waals surface area contributed by atoms with Gasteiger partial charge in [-0.25, -0.2) is 14.3 Å². The number of hydrogen-bond acceptors (Lipinski definition) is 6. The van der Waals surface area contributed by atoms with Crippen molar-refractivity contribution in [1.29, 1.82) is 0 Å². The Balaban J connectivity index is 1.35. The number of para-hydroxylation sites is 1. The number of pyridine rings is 1. The van der Waals surface area contributed by atoms with E-state index in [9.17, 15) is 4.79 Å². The van der Waals surface area contributed by atoms with E-state index in [4.69, 9.17) is 16.3 Å². The van der Waals surface area contributed by atoms with Crippen LogP contribution in [0.3, 0.4) is 0 Å². The molecule has 1 N–H and O–H groups in total. The van der Waals surface area contributed by atoms with Gasteiger partial charge in [0.05, 0.1) is 17.8 Å². The van der Waals surface area contributed by atoms with Crippen molar-refractivity contribution in [3.8, 4) is 11.3 Å². The van der Waals surface area contributed by atoms with Crippen LogP contribution < -0.4 is 5.32 Å². The van der Waals surface area contributed by atoms with Crippen molar-refractivity contribution in [2.24, 2.45) is 0 Å². The molecule has 0 radical (unpaired) electrons. The Morgan fingerprint density at radius 3 is 2.55 bits per heavy atom. The standard InChI is InChI=1S/C25H19ClN4O2S/c26-23-22(19-15-27-30-14-8-7-13-21(19)30)29-24(33-23)25(31)32-16-20(17-9-3-1-4-10-17)28-18-11-5-2-6-12-18/h1-15,20,28H,16H2/t20-/m1/s1. The van der Waals surface area contributed by atoms with Crippen LogP contribution in [-0.4, -0.2) is 27.2 Å². The van der Waals surface area contributed by atoms with Crippen LogP contribution in [0.1, 0.15) is 21.4 Å². The third kappa shape index (κ3) is 4.60. The number of benzene rings is 2. The van der Waals surface area contributed by atoms with Crippen LogP contribution in [0.25, 0.3) is 16.8 Å². The van der Waals surface area contributed by atoms with Gasteiger partial charge in [-0.3, -0.25) is 0 Å². The first-order valence-corrected chi connectivity index (χ1v) is 11.5. The van der Waals surface area contributed by atoms with Gasteiger partial charge in [-0.05, 0) is 29.8 Å². The second-order valence-electron chi connectivity index (χ2n) is 7.30. The minimum Gasteiger partial charge on any atom is -0.458 e. The lowest BCUT2D eigenvalue weighted by Crippen LogP contribution is -2.19. The number of hydrogen-bond donors (Lipinski definition) is 1. The molecule has 0 saturated heterocycles. The summed E-state index contributed by atoms with van der Waals surface area (Å²) in [6.07, 6.45) is 3.54. The average Bonchev–Trinajstić information content (AvgIpc) is 3.46. The number of thiazole rings is 1. The van der Waals surface area contributed by atoms with Crippen molar-refractivity contribution >= 4 is 40.1 Å². The summed E-state index contributed by atoms with van der Waals surface area (Å²) < 4.78 is 7.82. The molecule has 5 aromatic rings. The lowest BCUT2D eigenvalue weighted by atomic mass is 10.1. The summed E-state index contributed by atoms with van der Waals surface area (Å²) in [4.78, 5) is 17.3. The van der Waals surface area contributed by atoms with Crippen molar-refractivity contribution in [1.82, 2.24) is 14.6 Å². The molecule has 0 fully saturated rings. The van der Waals surface area contributed by atoms with Crippen molar-refractivity contribution in [3.63, 3.8) is 0 Å². The van der Waals surface area contributed by atoms with E-state index in [1.54, 1.807) is 10.7 Å². The molecule has 0 aliphatic heterocycles. The van der Waals surface area contributed by atoms with Crippen LogP contribution in [0.5, 0.6) is 0 Å². The highest BCUT2D eigenvalue weighted by molar-refractivity contribution is 7.18. The fourth-order valence-electron chi connectivity index (χ4n) is 3.53. The van der Waals surface area contributed by atoms with Gasteiger partial charge in [-0.15, -0.1) is 0 Å². The molecule has 0 spiro atoms. The molecule has 33 heavy (non-hydrogen) atoms. The number of aromatic nitrogens is 3. The number of carbonyl (C=O) groups excluding carboxylic acids is 1. The van der Waals surface area contributed by atoms with Gasteiger partial charge in [0.15, 0.2) is 0 Å².